The highest BCUT2D eigenvalue weighted by Crippen LogP contribution is 2.22. The molecule has 110 valence electrons. The van der Waals surface area contributed by atoms with E-state index in [1.807, 2.05) is 20.8 Å². The summed E-state index contributed by atoms with van der Waals surface area (Å²) < 4.78 is 28.7. The van der Waals surface area contributed by atoms with Crippen LogP contribution in [0.1, 0.15) is 38.8 Å². The molecular formula is C15H20F2N2O. The standard InChI is InChI=1S/C15H20F2N2O/c1-15(2,3)9-5-8-13(19-18)11-6-4-7-12(10-11)20-14(16)17/h4,6-7,10,13-14,19H,8,18H2,1-3H3. The van der Waals surface area contributed by atoms with Crippen molar-refractivity contribution in [3.8, 4) is 17.6 Å². The lowest BCUT2D eigenvalue weighted by Gasteiger charge is -2.15. The van der Waals surface area contributed by atoms with E-state index >= 15 is 0 Å². The topological polar surface area (TPSA) is 47.3 Å². The van der Waals surface area contributed by atoms with Crippen molar-refractivity contribution in [2.75, 3.05) is 0 Å². The first-order valence-electron chi connectivity index (χ1n) is 6.33. The molecule has 0 aromatic heterocycles. The molecular weight excluding hydrogens is 262 g/mol. The fourth-order valence-electron chi connectivity index (χ4n) is 1.60. The molecule has 0 spiro atoms. The summed E-state index contributed by atoms with van der Waals surface area (Å²) >= 11 is 0. The molecule has 0 saturated heterocycles. The minimum absolute atomic E-state index is 0.0835. The zero-order chi connectivity index (χ0) is 15.2. The Morgan fingerprint density at radius 1 is 1.35 bits per heavy atom. The summed E-state index contributed by atoms with van der Waals surface area (Å²) in [5.41, 5.74) is 3.31. The predicted molar refractivity (Wildman–Crippen MR) is 75.0 cm³/mol. The highest BCUT2D eigenvalue weighted by molar-refractivity contribution is 5.31. The third kappa shape index (κ3) is 6.00. The summed E-state index contributed by atoms with van der Waals surface area (Å²) in [6, 6.07) is 6.22. The van der Waals surface area contributed by atoms with Crippen molar-refractivity contribution in [1.82, 2.24) is 5.43 Å². The van der Waals surface area contributed by atoms with Crippen LogP contribution in [0.3, 0.4) is 0 Å². The molecule has 0 heterocycles. The maximum absolute atomic E-state index is 12.2. The second-order valence-corrected chi connectivity index (χ2v) is 5.43. The van der Waals surface area contributed by atoms with Gasteiger partial charge in [0.25, 0.3) is 0 Å². The Balaban J connectivity index is 2.81. The molecule has 0 bridgehead atoms. The van der Waals surface area contributed by atoms with Gasteiger partial charge in [0.05, 0.1) is 6.04 Å². The van der Waals surface area contributed by atoms with Gasteiger partial charge in [-0.3, -0.25) is 11.3 Å². The number of rotatable bonds is 5. The lowest BCUT2D eigenvalue weighted by Crippen LogP contribution is -2.27. The van der Waals surface area contributed by atoms with E-state index in [0.29, 0.717) is 6.42 Å². The monoisotopic (exact) mass is 282 g/mol. The maximum Gasteiger partial charge on any atom is 0.387 e. The molecule has 0 aliphatic carbocycles. The van der Waals surface area contributed by atoms with Gasteiger partial charge in [-0.15, -0.1) is 5.92 Å². The number of halogens is 2. The van der Waals surface area contributed by atoms with Crippen LogP contribution in [0.15, 0.2) is 24.3 Å². The third-order valence-electron chi connectivity index (χ3n) is 2.46. The fourth-order valence-corrected chi connectivity index (χ4v) is 1.60. The molecule has 0 aliphatic rings. The van der Waals surface area contributed by atoms with E-state index in [2.05, 4.69) is 22.0 Å². The van der Waals surface area contributed by atoms with Crippen molar-refractivity contribution in [1.29, 1.82) is 0 Å². The summed E-state index contributed by atoms with van der Waals surface area (Å²) in [6.07, 6.45) is 0.492. The first kappa shape index (κ1) is 16.4. The van der Waals surface area contributed by atoms with Crippen LogP contribution in [-0.4, -0.2) is 6.61 Å². The first-order chi connectivity index (χ1) is 9.31. The highest BCUT2D eigenvalue weighted by atomic mass is 19.3. The van der Waals surface area contributed by atoms with Gasteiger partial charge in [-0.05, 0) is 38.5 Å². The van der Waals surface area contributed by atoms with Gasteiger partial charge in [-0.1, -0.05) is 18.1 Å². The molecule has 0 fully saturated rings. The molecule has 3 nitrogen and oxygen atoms in total. The summed E-state index contributed by atoms with van der Waals surface area (Å²) in [6.45, 7) is 3.21. The summed E-state index contributed by atoms with van der Waals surface area (Å²) in [4.78, 5) is 0. The summed E-state index contributed by atoms with van der Waals surface area (Å²) in [5, 5.41) is 0. The number of benzene rings is 1. The van der Waals surface area contributed by atoms with Crippen LogP contribution in [0, 0.1) is 17.3 Å². The van der Waals surface area contributed by atoms with Crippen LogP contribution < -0.4 is 16.0 Å². The number of nitrogens with two attached hydrogens (primary N) is 1. The van der Waals surface area contributed by atoms with Crippen molar-refractivity contribution >= 4 is 0 Å². The first-order valence-corrected chi connectivity index (χ1v) is 6.33. The number of hydrogen-bond acceptors (Lipinski definition) is 3. The van der Waals surface area contributed by atoms with Crippen molar-refractivity contribution in [2.24, 2.45) is 11.3 Å². The molecule has 0 saturated carbocycles. The quantitative estimate of drug-likeness (QED) is 0.495. The van der Waals surface area contributed by atoms with E-state index in [1.54, 1.807) is 12.1 Å². The van der Waals surface area contributed by atoms with Crippen molar-refractivity contribution in [2.45, 2.75) is 39.8 Å². The average molecular weight is 282 g/mol. The van der Waals surface area contributed by atoms with Gasteiger partial charge in [0.15, 0.2) is 0 Å². The van der Waals surface area contributed by atoms with E-state index in [9.17, 15) is 8.78 Å². The van der Waals surface area contributed by atoms with Crippen LogP contribution in [0.4, 0.5) is 8.78 Å². The Labute approximate surface area is 118 Å². The van der Waals surface area contributed by atoms with E-state index in [1.165, 1.54) is 12.1 Å². The Bertz CT molecular complexity index is 487. The Kier molecular flexibility index (Phi) is 5.93. The van der Waals surface area contributed by atoms with Crippen LogP contribution in [-0.2, 0) is 0 Å². The summed E-state index contributed by atoms with van der Waals surface area (Å²) in [5.74, 6) is 11.8. The predicted octanol–water partition coefficient (Wildman–Crippen LogP) is 3.23. The number of ether oxygens (including phenoxy) is 1. The molecule has 0 aliphatic heterocycles. The molecule has 0 amide bonds. The molecule has 1 rings (SSSR count). The second-order valence-electron chi connectivity index (χ2n) is 5.43. The van der Waals surface area contributed by atoms with Gasteiger partial charge >= 0.3 is 6.61 Å². The van der Waals surface area contributed by atoms with Crippen LogP contribution in [0.25, 0.3) is 0 Å². The molecule has 1 unspecified atom stereocenters. The zero-order valence-corrected chi connectivity index (χ0v) is 11.9. The van der Waals surface area contributed by atoms with E-state index in [0.717, 1.165) is 5.56 Å². The Hall–Kier alpha value is -1.64. The number of hydrogen-bond donors (Lipinski definition) is 2. The minimum atomic E-state index is -2.84. The van der Waals surface area contributed by atoms with Gasteiger partial charge in [0.2, 0.25) is 0 Å². The van der Waals surface area contributed by atoms with Gasteiger partial charge in [0, 0.05) is 11.8 Å². The highest BCUT2D eigenvalue weighted by Gasteiger charge is 2.11. The number of alkyl halides is 2. The fraction of sp³-hybridized carbons (Fsp3) is 0.467. The molecule has 20 heavy (non-hydrogen) atoms. The summed E-state index contributed by atoms with van der Waals surface area (Å²) in [7, 11) is 0. The van der Waals surface area contributed by atoms with E-state index < -0.39 is 6.61 Å². The van der Waals surface area contributed by atoms with Gasteiger partial charge in [-0.25, -0.2) is 0 Å². The van der Waals surface area contributed by atoms with Gasteiger partial charge in [0.1, 0.15) is 5.75 Å². The maximum atomic E-state index is 12.2. The second kappa shape index (κ2) is 7.22. The molecule has 0 radical (unpaired) electrons. The lowest BCUT2D eigenvalue weighted by molar-refractivity contribution is -0.0499. The minimum Gasteiger partial charge on any atom is -0.435 e. The Morgan fingerprint density at radius 2 is 2.05 bits per heavy atom. The molecule has 1 atom stereocenters. The van der Waals surface area contributed by atoms with Crippen molar-refractivity contribution in [3.05, 3.63) is 29.8 Å². The average Bonchev–Trinajstić information content (AvgIpc) is 2.33. The molecule has 1 aromatic rings. The van der Waals surface area contributed by atoms with Crippen LogP contribution in [0.5, 0.6) is 5.75 Å². The van der Waals surface area contributed by atoms with Gasteiger partial charge in [-0.2, -0.15) is 8.78 Å². The number of nitrogens with one attached hydrogen (secondary N) is 1. The Morgan fingerprint density at radius 3 is 2.60 bits per heavy atom. The molecule has 3 N–H and O–H groups in total. The lowest BCUT2D eigenvalue weighted by atomic mass is 9.97. The molecule has 5 heteroatoms. The largest absolute Gasteiger partial charge is 0.435 e. The van der Waals surface area contributed by atoms with Crippen LogP contribution >= 0.6 is 0 Å². The van der Waals surface area contributed by atoms with Gasteiger partial charge < -0.3 is 4.74 Å². The van der Waals surface area contributed by atoms with Crippen LogP contribution in [0.2, 0.25) is 0 Å². The smallest absolute Gasteiger partial charge is 0.387 e. The normalized spacial score (nSPS) is 12.8. The van der Waals surface area contributed by atoms with E-state index in [4.69, 9.17) is 5.84 Å². The third-order valence-corrected chi connectivity index (χ3v) is 2.46. The van der Waals surface area contributed by atoms with Crippen molar-refractivity contribution < 1.29 is 13.5 Å². The van der Waals surface area contributed by atoms with Crippen molar-refractivity contribution in [3.63, 3.8) is 0 Å². The number of hydrazine groups is 1. The zero-order valence-electron chi connectivity index (χ0n) is 11.9. The molecule has 1 aromatic carbocycles. The SMILES string of the molecule is CC(C)(C)C#CCC(NN)c1cccc(OC(F)F)c1. The van der Waals surface area contributed by atoms with E-state index in [-0.39, 0.29) is 17.2 Å².